The van der Waals surface area contributed by atoms with Crippen LogP contribution in [0.3, 0.4) is 0 Å². The highest BCUT2D eigenvalue weighted by Gasteiger charge is 2.18. The van der Waals surface area contributed by atoms with Crippen molar-refractivity contribution >= 4 is 12.2 Å². The second-order valence-electron chi connectivity index (χ2n) is 6.15. The van der Waals surface area contributed by atoms with Crippen molar-refractivity contribution in [3.05, 3.63) is 29.8 Å². The van der Waals surface area contributed by atoms with Crippen molar-refractivity contribution in [3.63, 3.8) is 0 Å². The highest BCUT2D eigenvalue weighted by atomic mass is 16.5. The molecule has 1 fully saturated rings. The van der Waals surface area contributed by atoms with Gasteiger partial charge < -0.3 is 15.0 Å². The Morgan fingerprint density at radius 1 is 1.35 bits per heavy atom. The van der Waals surface area contributed by atoms with Crippen molar-refractivity contribution in [2.24, 2.45) is 0 Å². The zero-order valence-electron chi connectivity index (χ0n) is 14.0. The quantitative estimate of drug-likeness (QED) is 0.781. The fourth-order valence-electron chi connectivity index (χ4n) is 2.89. The molecule has 1 N–H and O–H groups in total. The van der Waals surface area contributed by atoms with E-state index in [0.717, 1.165) is 19.4 Å². The molecular formula is C18H26N2O3. The maximum Gasteiger partial charge on any atom is 0.219 e. The molecule has 0 radical (unpaired) electrons. The van der Waals surface area contributed by atoms with Gasteiger partial charge >= 0.3 is 0 Å². The number of piperidine rings is 1. The largest absolute Gasteiger partial charge is 0.483 e. The zero-order valence-corrected chi connectivity index (χ0v) is 14.0. The van der Waals surface area contributed by atoms with Crippen LogP contribution in [0.5, 0.6) is 5.75 Å². The van der Waals surface area contributed by atoms with Gasteiger partial charge in [0.15, 0.2) is 12.4 Å². The summed E-state index contributed by atoms with van der Waals surface area (Å²) < 4.78 is 5.66. The molecule has 1 aromatic rings. The molecule has 1 heterocycles. The average Bonchev–Trinajstić information content (AvgIpc) is 2.59. The predicted molar refractivity (Wildman–Crippen MR) is 89.7 cm³/mol. The van der Waals surface area contributed by atoms with Gasteiger partial charge in [-0.2, -0.15) is 0 Å². The second-order valence-corrected chi connectivity index (χ2v) is 6.15. The Balaban J connectivity index is 1.88. The SMILES string of the molecule is CNC(=O)CCC(C=O)Oc1ccc(C2CCN(C)CC2)cc1. The number of amides is 1. The Hall–Kier alpha value is -1.88. The van der Waals surface area contributed by atoms with Crippen LogP contribution in [0.1, 0.15) is 37.2 Å². The topological polar surface area (TPSA) is 58.6 Å². The van der Waals surface area contributed by atoms with E-state index in [9.17, 15) is 9.59 Å². The molecule has 1 aliphatic rings. The zero-order chi connectivity index (χ0) is 16.7. The van der Waals surface area contributed by atoms with Crippen molar-refractivity contribution in [1.82, 2.24) is 10.2 Å². The van der Waals surface area contributed by atoms with Gasteiger partial charge in [0.2, 0.25) is 5.91 Å². The van der Waals surface area contributed by atoms with Crippen molar-refractivity contribution < 1.29 is 14.3 Å². The van der Waals surface area contributed by atoms with Gasteiger partial charge in [0.1, 0.15) is 5.75 Å². The van der Waals surface area contributed by atoms with Crippen LogP contribution in [0.2, 0.25) is 0 Å². The van der Waals surface area contributed by atoms with Gasteiger partial charge in [0.05, 0.1) is 0 Å². The van der Waals surface area contributed by atoms with E-state index >= 15 is 0 Å². The monoisotopic (exact) mass is 318 g/mol. The summed E-state index contributed by atoms with van der Waals surface area (Å²) in [4.78, 5) is 24.7. The predicted octanol–water partition coefficient (Wildman–Crippen LogP) is 1.97. The smallest absolute Gasteiger partial charge is 0.219 e. The Labute approximate surface area is 138 Å². The third-order valence-corrected chi connectivity index (χ3v) is 4.44. The molecule has 1 saturated heterocycles. The van der Waals surface area contributed by atoms with E-state index in [1.54, 1.807) is 7.05 Å². The van der Waals surface area contributed by atoms with Gasteiger partial charge in [-0.3, -0.25) is 9.59 Å². The number of aldehydes is 1. The Bertz CT molecular complexity index is 508. The number of benzene rings is 1. The summed E-state index contributed by atoms with van der Waals surface area (Å²) >= 11 is 0. The van der Waals surface area contributed by atoms with E-state index in [4.69, 9.17) is 4.74 Å². The minimum absolute atomic E-state index is 0.0851. The molecule has 5 heteroatoms. The van der Waals surface area contributed by atoms with Gasteiger partial charge in [0, 0.05) is 13.5 Å². The lowest BCUT2D eigenvalue weighted by Crippen LogP contribution is -2.29. The van der Waals surface area contributed by atoms with E-state index in [1.807, 2.05) is 12.1 Å². The van der Waals surface area contributed by atoms with Crippen LogP contribution in [0, 0.1) is 0 Å². The first kappa shape index (κ1) is 17.5. The van der Waals surface area contributed by atoms with Crippen LogP contribution in [0.25, 0.3) is 0 Å². The molecule has 0 aromatic heterocycles. The van der Waals surface area contributed by atoms with Crippen LogP contribution in [-0.4, -0.2) is 50.4 Å². The van der Waals surface area contributed by atoms with Gasteiger partial charge in [-0.1, -0.05) is 12.1 Å². The third-order valence-electron chi connectivity index (χ3n) is 4.44. The van der Waals surface area contributed by atoms with Crippen LogP contribution in [-0.2, 0) is 9.59 Å². The summed E-state index contributed by atoms with van der Waals surface area (Å²) in [5.41, 5.74) is 1.33. The number of carbonyl (C=O) groups is 2. The highest BCUT2D eigenvalue weighted by molar-refractivity contribution is 5.76. The summed E-state index contributed by atoms with van der Waals surface area (Å²) in [5.74, 6) is 1.20. The molecule has 0 bridgehead atoms. The molecule has 0 spiro atoms. The molecule has 126 valence electrons. The third kappa shape index (κ3) is 5.36. The molecule has 0 aliphatic carbocycles. The minimum Gasteiger partial charge on any atom is -0.483 e. The maximum absolute atomic E-state index is 11.2. The number of likely N-dealkylation sites (tertiary alicyclic amines) is 1. The molecule has 0 saturated carbocycles. The number of hydrogen-bond acceptors (Lipinski definition) is 4. The maximum atomic E-state index is 11.2. The van der Waals surface area contributed by atoms with Gasteiger partial charge in [-0.15, -0.1) is 0 Å². The molecular weight excluding hydrogens is 292 g/mol. The molecule has 23 heavy (non-hydrogen) atoms. The van der Waals surface area contributed by atoms with E-state index in [-0.39, 0.29) is 12.3 Å². The minimum atomic E-state index is -0.582. The molecule has 1 aromatic carbocycles. The Kier molecular flexibility index (Phi) is 6.59. The number of ether oxygens (including phenoxy) is 1. The molecule has 1 amide bonds. The first-order valence-electron chi connectivity index (χ1n) is 8.23. The number of nitrogens with zero attached hydrogens (tertiary/aromatic N) is 1. The normalized spacial score (nSPS) is 17.5. The molecule has 5 nitrogen and oxygen atoms in total. The summed E-state index contributed by atoms with van der Waals surface area (Å²) in [6.45, 7) is 2.27. The highest BCUT2D eigenvalue weighted by Crippen LogP contribution is 2.28. The van der Waals surface area contributed by atoms with Crippen molar-refractivity contribution in [2.75, 3.05) is 27.2 Å². The lowest BCUT2D eigenvalue weighted by molar-refractivity contribution is -0.121. The standard InChI is InChI=1S/C18H26N2O3/c1-19-18(22)8-7-17(13-21)23-16-5-3-14(4-6-16)15-9-11-20(2)12-10-15/h3-6,13,15,17H,7-12H2,1-2H3,(H,19,22). The molecule has 2 rings (SSSR count). The summed E-state index contributed by atoms with van der Waals surface area (Å²) in [6.07, 6.45) is 3.21. The van der Waals surface area contributed by atoms with Crippen molar-refractivity contribution in [3.8, 4) is 5.75 Å². The lowest BCUT2D eigenvalue weighted by Gasteiger charge is -2.29. The summed E-state index contributed by atoms with van der Waals surface area (Å²) in [6, 6.07) is 8.02. The van der Waals surface area contributed by atoms with Crippen LogP contribution in [0.4, 0.5) is 0 Å². The molecule has 1 atom stereocenters. The van der Waals surface area contributed by atoms with Crippen LogP contribution >= 0.6 is 0 Å². The van der Waals surface area contributed by atoms with Gasteiger partial charge in [-0.25, -0.2) is 0 Å². The first-order chi connectivity index (χ1) is 11.1. The number of hydrogen-bond donors (Lipinski definition) is 1. The number of carbonyl (C=O) groups excluding carboxylic acids is 2. The van der Waals surface area contributed by atoms with E-state index in [2.05, 4.69) is 29.4 Å². The van der Waals surface area contributed by atoms with Gasteiger partial charge in [-0.05, 0) is 63.0 Å². The summed E-state index contributed by atoms with van der Waals surface area (Å²) in [5, 5.41) is 2.54. The van der Waals surface area contributed by atoms with Gasteiger partial charge in [0.25, 0.3) is 0 Å². The second kappa shape index (κ2) is 8.67. The van der Waals surface area contributed by atoms with Crippen LogP contribution in [0.15, 0.2) is 24.3 Å². The fraction of sp³-hybridized carbons (Fsp3) is 0.556. The Morgan fingerprint density at radius 2 is 2.00 bits per heavy atom. The average molecular weight is 318 g/mol. The van der Waals surface area contributed by atoms with Crippen molar-refractivity contribution in [1.29, 1.82) is 0 Å². The summed E-state index contributed by atoms with van der Waals surface area (Å²) in [7, 11) is 3.74. The first-order valence-corrected chi connectivity index (χ1v) is 8.23. The number of nitrogens with one attached hydrogen (secondary N) is 1. The van der Waals surface area contributed by atoms with Crippen molar-refractivity contribution in [2.45, 2.75) is 37.7 Å². The van der Waals surface area contributed by atoms with E-state index in [1.165, 1.54) is 18.4 Å². The molecule has 1 aliphatic heterocycles. The Morgan fingerprint density at radius 3 is 2.57 bits per heavy atom. The number of rotatable bonds is 7. The van der Waals surface area contributed by atoms with Crippen LogP contribution < -0.4 is 10.1 Å². The van der Waals surface area contributed by atoms with E-state index in [0.29, 0.717) is 18.1 Å². The molecule has 1 unspecified atom stereocenters. The van der Waals surface area contributed by atoms with E-state index < -0.39 is 6.10 Å². The fourth-order valence-corrected chi connectivity index (χ4v) is 2.89. The lowest BCUT2D eigenvalue weighted by atomic mass is 9.90.